The fourth-order valence-electron chi connectivity index (χ4n) is 4.33. The summed E-state index contributed by atoms with van der Waals surface area (Å²) < 4.78 is 25.1. The molecule has 2 fully saturated rings. The van der Waals surface area contributed by atoms with Crippen molar-refractivity contribution in [2.75, 3.05) is 18.9 Å². The Kier molecular flexibility index (Phi) is 6.49. The molecule has 0 spiro atoms. The largest absolute Gasteiger partial charge is 0.485 e. The maximum atomic E-state index is 12.3. The van der Waals surface area contributed by atoms with E-state index in [4.69, 9.17) is 29.8 Å². The van der Waals surface area contributed by atoms with Gasteiger partial charge in [-0.05, 0) is 29.8 Å². The molecule has 2 saturated heterocycles. The molecule has 3 heterocycles. The molecule has 0 unspecified atom stereocenters. The Bertz CT molecular complexity index is 1250. The number of fused-ring (bicyclic) bond motifs is 1. The van der Waals surface area contributed by atoms with Crippen LogP contribution in [0.2, 0.25) is 0 Å². The van der Waals surface area contributed by atoms with E-state index >= 15 is 0 Å². The van der Waals surface area contributed by atoms with Crippen LogP contribution >= 0.6 is 0 Å². The average Bonchev–Trinajstić information content (AvgIpc) is 3.45. The Balaban J connectivity index is 1.24. The Hall–Kier alpha value is -3.73. The van der Waals surface area contributed by atoms with E-state index in [1.54, 1.807) is 24.3 Å². The summed E-state index contributed by atoms with van der Waals surface area (Å²) in [7, 11) is 0. The quantitative estimate of drug-likeness (QED) is 0.495. The molecule has 2 aliphatic heterocycles. The fraction of sp³-hybridized carbons (Fsp3) is 0.320. The standard InChI is InChI=1S/C25H25N3O7/c26-18-10-27-24(28(25(18)31)11-21(29)30)16-6-8-17(9-7-16)35-20-14-34-22-19(13-33-23(20)22)32-12-15-4-2-1-3-5-15/h1-10,19-20,22-23H,11-14,26H2,(H,29,30)/t19-,20-,22-,23-/m1/s1. The highest BCUT2D eigenvalue weighted by Gasteiger charge is 2.49. The van der Waals surface area contributed by atoms with Gasteiger partial charge in [0.05, 0.1) is 26.0 Å². The van der Waals surface area contributed by atoms with Gasteiger partial charge in [0.25, 0.3) is 5.56 Å². The number of aromatic nitrogens is 2. The number of carboxylic acid groups (broad SMARTS) is 1. The molecule has 0 bridgehead atoms. The number of anilines is 1. The third kappa shape index (κ3) is 4.90. The first kappa shape index (κ1) is 23.0. The van der Waals surface area contributed by atoms with Gasteiger partial charge in [-0.25, -0.2) is 4.98 Å². The van der Waals surface area contributed by atoms with Gasteiger partial charge >= 0.3 is 5.97 Å². The van der Waals surface area contributed by atoms with Gasteiger partial charge in [0.1, 0.15) is 42.1 Å². The van der Waals surface area contributed by atoms with Crippen LogP contribution in [0.25, 0.3) is 11.4 Å². The molecular weight excluding hydrogens is 454 g/mol. The summed E-state index contributed by atoms with van der Waals surface area (Å²) in [5.41, 5.74) is 6.55. The van der Waals surface area contributed by atoms with Crippen molar-refractivity contribution in [2.45, 2.75) is 37.6 Å². The lowest BCUT2D eigenvalue weighted by Crippen LogP contribution is -2.35. The smallest absolute Gasteiger partial charge is 0.323 e. The van der Waals surface area contributed by atoms with Crippen LogP contribution in [0, 0.1) is 0 Å². The molecule has 2 aliphatic rings. The second-order valence-corrected chi connectivity index (χ2v) is 8.43. The maximum Gasteiger partial charge on any atom is 0.323 e. The first-order valence-electron chi connectivity index (χ1n) is 11.2. The highest BCUT2D eigenvalue weighted by atomic mass is 16.6. The molecule has 10 heteroatoms. The molecule has 182 valence electrons. The predicted molar refractivity (Wildman–Crippen MR) is 125 cm³/mol. The second-order valence-electron chi connectivity index (χ2n) is 8.43. The van der Waals surface area contributed by atoms with E-state index in [0.29, 0.717) is 31.1 Å². The number of nitrogens with zero attached hydrogens (tertiary/aromatic N) is 2. The number of nitrogen functional groups attached to an aromatic ring is 1. The van der Waals surface area contributed by atoms with Gasteiger partial charge in [0.2, 0.25) is 0 Å². The molecule has 3 N–H and O–H groups in total. The van der Waals surface area contributed by atoms with Crippen LogP contribution in [0.3, 0.4) is 0 Å². The number of ether oxygens (including phenoxy) is 4. The number of hydrogen-bond donors (Lipinski definition) is 2. The molecule has 35 heavy (non-hydrogen) atoms. The van der Waals surface area contributed by atoms with Crippen molar-refractivity contribution in [2.24, 2.45) is 0 Å². The van der Waals surface area contributed by atoms with Gasteiger partial charge in [0.15, 0.2) is 6.10 Å². The summed E-state index contributed by atoms with van der Waals surface area (Å²) in [6, 6.07) is 16.8. The summed E-state index contributed by atoms with van der Waals surface area (Å²) in [5.74, 6) is -0.373. The van der Waals surface area contributed by atoms with Gasteiger partial charge in [-0.3, -0.25) is 14.2 Å². The van der Waals surface area contributed by atoms with E-state index in [1.807, 2.05) is 30.3 Å². The van der Waals surface area contributed by atoms with Crippen molar-refractivity contribution < 1.29 is 28.8 Å². The van der Waals surface area contributed by atoms with E-state index in [1.165, 1.54) is 6.20 Å². The zero-order chi connectivity index (χ0) is 24.4. The number of aliphatic carboxylic acids is 1. The summed E-state index contributed by atoms with van der Waals surface area (Å²) in [6.45, 7) is 0.753. The van der Waals surface area contributed by atoms with E-state index in [-0.39, 0.29) is 35.9 Å². The number of carbonyl (C=O) groups is 1. The maximum absolute atomic E-state index is 12.3. The molecule has 2 aromatic carbocycles. The third-order valence-corrected chi connectivity index (χ3v) is 6.04. The average molecular weight is 479 g/mol. The minimum atomic E-state index is -1.17. The van der Waals surface area contributed by atoms with Crippen molar-refractivity contribution in [1.29, 1.82) is 0 Å². The molecule has 0 amide bonds. The summed E-state index contributed by atoms with van der Waals surface area (Å²) in [6.07, 6.45) is 0.321. The Morgan fingerprint density at radius 3 is 2.46 bits per heavy atom. The minimum absolute atomic E-state index is 0.117. The lowest BCUT2D eigenvalue weighted by atomic mass is 10.1. The highest BCUT2D eigenvalue weighted by Crippen LogP contribution is 2.32. The summed E-state index contributed by atoms with van der Waals surface area (Å²) in [4.78, 5) is 27.7. The van der Waals surface area contributed by atoms with Gasteiger partial charge in [-0.15, -0.1) is 0 Å². The van der Waals surface area contributed by atoms with Crippen LogP contribution in [-0.4, -0.2) is 58.3 Å². The van der Waals surface area contributed by atoms with Crippen LogP contribution < -0.4 is 16.0 Å². The van der Waals surface area contributed by atoms with Crippen molar-refractivity contribution in [3.63, 3.8) is 0 Å². The van der Waals surface area contributed by atoms with Gasteiger partial charge < -0.3 is 29.8 Å². The van der Waals surface area contributed by atoms with Crippen molar-refractivity contribution in [3.05, 3.63) is 76.7 Å². The van der Waals surface area contributed by atoms with Gasteiger partial charge in [-0.2, -0.15) is 0 Å². The van der Waals surface area contributed by atoms with Crippen molar-refractivity contribution in [3.8, 4) is 17.1 Å². The molecule has 5 rings (SSSR count). The molecular formula is C25H25N3O7. The normalized spacial score (nSPS) is 23.2. The minimum Gasteiger partial charge on any atom is -0.485 e. The van der Waals surface area contributed by atoms with Crippen LogP contribution in [-0.2, 0) is 32.2 Å². The van der Waals surface area contributed by atoms with E-state index in [2.05, 4.69) is 4.98 Å². The number of nitrogens with two attached hydrogens (primary N) is 1. The van der Waals surface area contributed by atoms with E-state index in [0.717, 1.165) is 10.1 Å². The van der Waals surface area contributed by atoms with Crippen LogP contribution in [0.4, 0.5) is 5.69 Å². The molecule has 0 aliphatic carbocycles. The van der Waals surface area contributed by atoms with Crippen molar-refractivity contribution in [1.82, 2.24) is 9.55 Å². The monoisotopic (exact) mass is 479 g/mol. The van der Waals surface area contributed by atoms with Crippen molar-refractivity contribution >= 4 is 11.7 Å². The molecule has 1 aromatic heterocycles. The number of carboxylic acids is 1. The molecule has 3 aromatic rings. The first-order valence-corrected chi connectivity index (χ1v) is 11.2. The highest BCUT2D eigenvalue weighted by molar-refractivity contribution is 5.68. The fourth-order valence-corrected chi connectivity index (χ4v) is 4.33. The predicted octanol–water partition coefficient (Wildman–Crippen LogP) is 1.71. The van der Waals surface area contributed by atoms with Crippen LogP contribution in [0.1, 0.15) is 5.56 Å². The lowest BCUT2D eigenvalue weighted by Gasteiger charge is -2.18. The topological polar surface area (TPSA) is 135 Å². The van der Waals surface area contributed by atoms with Crippen LogP contribution in [0.15, 0.2) is 65.6 Å². The first-order chi connectivity index (χ1) is 17.0. The third-order valence-electron chi connectivity index (χ3n) is 6.04. The molecule has 10 nitrogen and oxygen atoms in total. The van der Waals surface area contributed by atoms with E-state index < -0.39 is 18.1 Å². The Morgan fingerprint density at radius 2 is 1.74 bits per heavy atom. The van der Waals surface area contributed by atoms with Gasteiger partial charge in [-0.1, -0.05) is 30.3 Å². The second kappa shape index (κ2) is 9.87. The number of hydrogen-bond acceptors (Lipinski definition) is 8. The summed E-state index contributed by atoms with van der Waals surface area (Å²) in [5, 5.41) is 9.16. The molecule has 0 saturated carbocycles. The van der Waals surface area contributed by atoms with E-state index in [9.17, 15) is 9.59 Å². The van der Waals surface area contributed by atoms with Gasteiger partial charge in [0, 0.05) is 5.56 Å². The SMILES string of the molecule is Nc1cnc(-c2ccc(O[C@@H]3CO[C@H]4[C@@H]3OC[C@H]4OCc3ccccc3)cc2)n(CC(=O)O)c1=O. The number of benzene rings is 2. The van der Waals surface area contributed by atoms with Crippen LogP contribution in [0.5, 0.6) is 5.75 Å². The molecule has 4 atom stereocenters. The lowest BCUT2D eigenvalue weighted by molar-refractivity contribution is -0.137. The molecule has 0 radical (unpaired) electrons. The zero-order valence-corrected chi connectivity index (χ0v) is 18.8. The Morgan fingerprint density at radius 1 is 1.06 bits per heavy atom. The number of rotatable bonds is 8. The summed E-state index contributed by atoms with van der Waals surface area (Å²) >= 11 is 0. The zero-order valence-electron chi connectivity index (χ0n) is 18.8. The Labute approximate surface area is 200 Å².